The zero-order valence-corrected chi connectivity index (χ0v) is 22.4. The predicted molar refractivity (Wildman–Crippen MR) is 147 cm³/mol. The van der Waals surface area contributed by atoms with Crippen molar-refractivity contribution in [2.75, 3.05) is 18.0 Å². The van der Waals surface area contributed by atoms with Gasteiger partial charge in [0.15, 0.2) is 11.4 Å². The van der Waals surface area contributed by atoms with Crippen LogP contribution in [-0.4, -0.2) is 46.1 Å². The van der Waals surface area contributed by atoms with E-state index in [0.717, 1.165) is 42.2 Å². The van der Waals surface area contributed by atoms with E-state index in [2.05, 4.69) is 20.2 Å². The van der Waals surface area contributed by atoms with Gasteiger partial charge in [-0.3, -0.25) is 4.79 Å². The number of carboxylic acids is 1. The lowest BCUT2D eigenvalue weighted by molar-refractivity contribution is -0.139. The molecule has 38 heavy (non-hydrogen) atoms. The van der Waals surface area contributed by atoms with E-state index in [4.69, 9.17) is 16.3 Å². The third kappa shape index (κ3) is 7.01. The molecule has 1 atom stereocenters. The van der Waals surface area contributed by atoms with Gasteiger partial charge in [0.05, 0.1) is 5.69 Å². The molecule has 0 aliphatic carbocycles. The van der Waals surface area contributed by atoms with Crippen LogP contribution in [0.2, 0.25) is 5.02 Å². The van der Waals surface area contributed by atoms with Crippen molar-refractivity contribution < 1.29 is 19.4 Å². The third-order valence-electron chi connectivity index (χ3n) is 6.81. The average Bonchev–Trinajstić information content (AvgIpc) is 2.92. The van der Waals surface area contributed by atoms with Crippen molar-refractivity contribution in [2.24, 2.45) is 5.92 Å². The molecule has 3 aromatic rings. The van der Waals surface area contributed by atoms with Crippen LogP contribution in [0.5, 0.6) is 5.75 Å². The number of nitrogens with zero attached hydrogens (tertiary/aromatic N) is 3. The minimum absolute atomic E-state index is 0.0710. The summed E-state index contributed by atoms with van der Waals surface area (Å²) in [5, 5.41) is 12.7. The summed E-state index contributed by atoms with van der Waals surface area (Å²) in [7, 11) is 0. The number of aryl methyl sites for hydroxylation is 1. The number of ether oxygens (including phenoxy) is 1. The molecule has 1 aliphatic heterocycles. The SMILES string of the molecule is CCC(NC(=O)c1nc(CC2CCN(c3ccc(Cl)cc3)CC2)nc(C)c1OCc1ccccc1)C(=O)O. The van der Waals surface area contributed by atoms with Crippen molar-refractivity contribution in [1.82, 2.24) is 15.3 Å². The number of piperidine rings is 1. The van der Waals surface area contributed by atoms with E-state index in [0.29, 0.717) is 23.9 Å². The zero-order valence-electron chi connectivity index (χ0n) is 21.7. The molecule has 2 N–H and O–H groups in total. The summed E-state index contributed by atoms with van der Waals surface area (Å²) in [6.07, 6.45) is 2.82. The summed E-state index contributed by atoms with van der Waals surface area (Å²) < 4.78 is 6.02. The number of aliphatic carboxylic acids is 1. The molecule has 8 nitrogen and oxygen atoms in total. The highest BCUT2D eigenvalue weighted by molar-refractivity contribution is 6.30. The molecule has 0 bridgehead atoms. The van der Waals surface area contributed by atoms with Crippen LogP contribution in [0, 0.1) is 12.8 Å². The summed E-state index contributed by atoms with van der Waals surface area (Å²) in [6, 6.07) is 16.5. The predicted octanol–water partition coefficient (Wildman–Crippen LogP) is 5.07. The highest BCUT2D eigenvalue weighted by atomic mass is 35.5. The number of benzene rings is 2. The van der Waals surface area contributed by atoms with E-state index < -0.39 is 17.9 Å². The monoisotopic (exact) mass is 536 g/mol. The first-order valence-electron chi connectivity index (χ1n) is 12.9. The van der Waals surface area contributed by atoms with Gasteiger partial charge in [0.25, 0.3) is 5.91 Å². The molecular weight excluding hydrogens is 504 g/mol. The van der Waals surface area contributed by atoms with E-state index in [9.17, 15) is 14.7 Å². The van der Waals surface area contributed by atoms with Gasteiger partial charge in [0.2, 0.25) is 0 Å². The van der Waals surface area contributed by atoms with E-state index >= 15 is 0 Å². The van der Waals surface area contributed by atoms with Crippen LogP contribution in [0.15, 0.2) is 54.6 Å². The number of carboxylic acid groups (broad SMARTS) is 1. The second-order valence-corrected chi connectivity index (χ2v) is 10.00. The van der Waals surface area contributed by atoms with Gasteiger partial charge >= 0.3 is 5.97 Å². The van der Waals surface area contributed by atoms with E-state index in [-0.39, 0.29) is 24.5 Å². The Morgan fingerprint density at radius 2 is 1.79 bits per heavy atom. The second-order valence-electron chi connectivity index (χ2n) is 9.56. The fraction of sp³-hybridized carbons (Fsp3) is 0.379. The Balaban J connectivity index is 1.50. The van der Waals surface area contributed by atoms with Crippen LogP contribution in [-0.2, 0) is 17.8 Å². The van der Waals surface area contributed by atoms with Crippen molar-refractivity contribution in [2.45, 2.75) is 52.2 Å². The second kappa shape index (κ2) is 12.7. The van der Waals surface area contributed by atoms with Crippen molar-refractivity contribution in [3.63, 3.8) is 0 Å². The van der Waals surface area contributed by atoms with Crippen LogP contribution < -0.4 is 15.0 Å². The van der Waals surface area contributed by atoms with Gasteiger partial charge in [-0.1, -0.05) is 48.9 Å². The van der Waals surface area contributed by atoms with E-state index in [1.165, 1.54) is 0 Å². The number of aromatic nitrogens is 2. The van der Waals surface area contributed by atoms with Gasteiger partial charge in [-0.15, -0.1) is 0 Å². The van der Waals surface area contributed by atoms with Crippen LogP contribution in [0.25, 0.3) is 0 Å². The summed E-state index contributed by atoms with van der Waals surface area (Å²) in [5.41, 5.74) is 2.72. The molecule has 1 amide bonds. The number of rotatable bonds is 10. The minimum atomic E-state index is -1.09. The molecule has 0 radical (unpaired) electrons. The van der Waals surface area contributed by atoms with Gasteiger partial charge in [0, 0.05) is 30.2 Å². The Labute approximate surface area is 228 Å². The van der Waals surface area contributed by atoms with Crippen molar-refractivity contribution in [3.05, 3.63) is 82.4 Å². The Bertz CT molecular complexity index is 1250. The lowest BCUT2D eigenvalue weighted by Gasteiger charge is -2.33. The highest BCUT2D eigenvalue weighted by Gasteiger charge is 2.26. The zero-order chi connectivity index (χ0) is 27.1. The summed E-state index contributed by atoms with van der Waals surface area (Å²) in [6.45, 7) is 5.56. The van der Waals surface area contributed by atoms with Crippen molar-refractivity contribution >= 4 is 29.2 Å². The molecule has 1 saturated heterocycles. The maximum atomic E-state index is 13.2. The fourth-order valence-electron chi connectivity index (χ4n) is 4.64. The number of carbonyl (C=O) groups is 2. The lowest BCUT2D eigenvalue weighted by atomic mass is 9.93. The molecule has 1 unspecified atom stereocenters. The molecule has 0 spiro atoms. The Kier molecular flexibility index (Phi) is 9.18. The highest BCUT2D eigenvalue weighted by Crippen LogP contribution is 2.28. The standard InChI is InChI=1S/C29H33ClN4O4/c1-3-24(29(36)37)32-28(35)26-27(38-18-21-7-5-4-6-8-21)19(2)31-25(33-26)17-20-13-15-34(16-14-20)23-11-9-22(30)10-12-23/h4-12,20,24H,3,13-18H2,1-2H3,(H,32,35)(H,36,37). The topological polar surface area (TPSA) is 105 Å². The quantitative estimate of drug-likeness (QED) is 0.373. The molecule has 1 fully saturated rings. The van der Waals surface area contributed by atoms with Crippen LogP contribution in [0.4, 0.5) is 5.69 Å². The van der Waals surface area contributed by atoms with E-state index in [1.807, 2.05) is 54.6 Å². The number of amides is 1. The van der Waals surface area contributed by atoms with Gasteiger partial charge < -0.3 is 20.1 Å². The van der Waals surface area contributed by atoms with Crippen LogP contribution in [0.1, 0.15) is 53.8 Å². The maximum absolute atomic E-state index is 13.2. The molecule has 1 aliphatic rings. The van der Waals surface area contributed by atoms with Gasteiger partial charge in [-0.2, -0.15) is 0 Å². The summed E-state index contributed by atoms with van der Waals surface area (Å²) in [4.78, 5) is 36.4. The summed E-state index contributed by atoms with van der Waals surface area (Å²) >= 11 is 6.03. The van der Waals surface area contributed by atoms with Gasteiger partial charge in [-0.25, -0.2) is 14.8 Å². The first-order chi connectivity index (χ1) is 18.3. The maximum Gasteiger partial charge on any atom is 0.326 e. The average molecular weight is 537 g/mol. The number of nitrogens with one attached hydrogen (secondary N) is 1. The number of hydrogen-bond donors (Lipinski definition) is 2. The molecule has 0 saturated carbocycles. The molecular formula is C29H33ClN4O4. The van der Waals surface area contributed by atoms with Crippen molar-refractivity contribution in [1.29, 1.82) is 0 Å². The number of halogens is 1. The normalized spacial score (nSPS) is 14.7. The van der Waals surface area contributed by atoms with Crippen LogP contribution in [0.3, 0.4) is 0 Å². The third-order valence-corrected chi connectivity index (χ3v) is 7.06. The Hall–Kier alpha value is -3.65. The molecule has 2 heterocycles. The summed E-state index contributed by atoms with van der Waals surface area (Å²) in [5.74, 6) is -0.467. The fourth-order valence-corrected chi connectivity index (χ4v) is 4.76. The first kappa shape index (κ1) is 27.4. The smallest absolute Gasteiger partial charge is 0.326 e. The largest absolute Gasteiger partial charge is 0.485 e. The molecule has 200 valence electrons. The van der Waals surface area contributed by atoms with E-state index in [1.54, 1.807) is 13.8 Å². The minimum Gasteiger partial charge on any atom is -0.485 e. The molecule has 1 aromatic heterocycles. The number of anilines is 1. The molecule has 4 rings (SSSR count). The number of hydrogen-bond acceptors (Lipinski definition) is 6. The van der Waals surface area contributed by atoms with Gasteiger partial charge in [0.1, 0.15) is 18.5 Å². The molecule has 9 heteroatoms. The first-order valence-corrected chi connectivity index (χ1v) is 13.3. The Morgan fingerprint density at radius 3 is 2.42 bits per heavy atom. The van der Waals surface area contributed by atoms with Gasteiger partial charge in [-0.05, 0) is 61.9 Å². The molecule has 2 aromatic carbocycles. The Morgan fingerprint density at radius 1 is 1.11 bits per heavy atom. The van der Waals surface area contributed by atoms with Crippen LogP contribution >= 0.6 is 11.6 Å². The van der Waals surface area contributed by atoms with Crippen molar-refractivity contribution in [3.8, 4) is 5.75 Å². The number of carbonyl (C=O) groups excluding carboxylic acids is 1. The lowest BCUT2D eigenvalue weighted by Crippen LogP contribution is -2.41.